The van der Waals surface area contributed by atoms with Crippen molar-refractivity contribution in [1.29, 1.82) is 0 Å². The van der Waals surface area contributed by atoms with Gasteiger partial charge in [0.1, 0.15) is 0 Å². The van der Waals surface area contributed by atoms with Gasteiger partial charge in [-0.25, -0.2) is 0 Å². The highest BCUT2D eigenvalue weighted by Crippen LogP contribution is 2.65. The van der Waals surface area contributed by atoms with E-state index in [0.29, 0.717) is 17.3 Å². The van der Waals surface area contributed by atoms with Crippen LogP contribution in [0.3, 0.4) is 0 Å². The van der Waals surface area contributed by atoms with Crippen LogP contribution in [-0.2, 0) is 0 Å². The maximum Gasteiger partial charge on any atom is 0.0596 e. The van der Waals surface area contributed by atoms with E-state index in [2.05, 4.69) is 19.9 Å². The molecule has 4 nitrogen and oxygen atoms in total. The van der Waals surface area contributed by atoms with Crippen LogP contribution in [0.4, 0.5) is 0 Å². The minimum absolute atomic E-state index is 0.0755. The summed E-state index contributed by atoms with van der Waals surface area (Å²) in [6.45, 7) is 4.96. The van der Waals surface area contributed by atoms with Crippen LogP contribution in [0.15, 0.2) is 11.6 Å². The summed E-state index contributed by atoms with van der Waals surface area (Å²) < 4.78 is 0. The fourth-order valence-electron chi connectivity index (χ4n) is 7.23. The number of aliphatic hydroxyl groups excluding tert-OH is 1. The predicted octanol–water partition coefficient (Wildman–Crippen LogP) is 4.12. The Morgan fingerprint density at radius 2 is 1.88 bits per heavy atom. The first-order valence-electron chi connectivity index (χ1n) is 9.84. The van der Waals surface area contributed by atoms with Crippen LogP contribution in [0.5, 0.6) is 0 Å². The van der Waals surface area contributed by atoms with Gasteiger partial charge in [0.25, 0.3) is 0 Å². The van der Waals surface area contributed by atoms with Gasteiger partial charge in [0.15, 0.2) is 0 Å². The third-order valence-electron chi connectivity index (χ3n) is 8.69. The quantitative estimate of drug-likeness (QED) is 0.589. The van der Waals surface area contributed by atoms with Gasteiger partial charge in [0.2, 0.25) is 0 Å². The normalized spacial score (nSPS) is 50.9. The Bertz CT molecular complexity index is 533. The molecule has 0 aromatic heterocycles. The number of aliphatic hydroxyl groups is 1. The summed E-state index contributed by atoms with van der Waals surface area (Å²) in [4.78, 5) is 0. The highest BCUT2D eigenvalue weighted by Gasteiger charge is 2.59. The van der Waals surface area contributed by atoms with Crippen molar-refractivity contribution in [2.24, 2.45) is 34.5 Å². The van der Waals surface area contributed by atoms with Gasteiger partial charge in [-0.1, -0.05) is 25.5 Å². The summed E-state index contributed by atoms with van der Waals surface area (Å²) >= 11 is 0. The Hall–Kier alpha value is -0.420. The molecule has 0 amide bonds. The van der Waals surface area contributed by atoms with Crippen molar-refractivity contribution in [2.45, 2.75) is 71.3 Å². The van der Waals surface area contributed by atoms with E-state index in [0.717, 1.165) is 36.7 Å². The average molecular weight is 334 g/mol. The molecule has 0 radical (unpaired) electrons. The molecule has 24 heavy (non-hydrogen) atoms. The molecule has 2 N–H and O–H groups in total. The second-order valence-corrected chi connectivity index (χ2v) is 9.58. The topological polar surface area (TPSA) is 66.8 Å². The minimum Gasteiger partial charge on any atom is -0.762 e. The lowest BCUT2D eigenvalue weighted by Crippen LogP contribution is -2.53. The molecule has 3 fully saturated rings. The maximum atomic E-state index is 11.0. The van der Waals surface area contributed by atoms with E-state index in [9.17, 15) is 10.3 Å². The third kappa shape index (κ3) is 2.41. The molecule has 0 saturated heterocycles. The van der Waals surface area contributed by atoms with Crippen LogP contribution < -0.4 is 0 Å². The Balaban J connectivity index is 1.57. The van der Waals surface area contributed by atoms with Crippen molar-refractivity contribution < 1.29 is 10.3 Å². The van der Waals surface area contributed by atoms with Gasteiger partial charge in [0.05, 0.1) is 6.10 Å². The lowest BCUT2D eigenvalue weighted by atomic mass is 9.45. The highest BCUT2D eigenvalue weighted by molar-refractivity contribution is 5.18. The van der Waals surface area contributed by atoms with Gasteiger partial charge >= 0.3 is 0 Å². The number of hydrogen-bond acceptors (Lipinski definition) is 4. The predicted molar refractivity (Wildman–Crippen MR) is 93.1 cm³/mol. The molecule has 4 aliphatic rings. The molecule has 3 saturated carbocycles. The zero-order chi connectivity index (χ0) is 17.1. The summed E-state index contributed by atoms with van der Waals surface area (Å²) in [5.41, 5.74) is 1.61. The van der Waals surface area contributed by atoms with Gasteiger partial charge in [-0.2, -0.15) is 0 Å². The first-order valence-corrected chi connectivity index (χ1v) is 9.84. The molecule has 136 valence electrons. The molecule has 7 atom stereocenters. The van der Waals surface area contributed by atoms with Crippen molar-refractivity contribution in [2.75, 3.05) is 6.54 Å². The first-order chi connectivity index (χ1) is 11.3. The molecular weight excluding hydrogens is 302 g/mol. The van der Waals surface area contributed by atoms with Gasteiger partial charge in [-0.3, -0.25) is 5.23 Å². The van der Waals surface area contributed by atoms with E-state index in [1.807, 2.05) is 0 Å². The van der Waals surface area contributed by atoms with Crippen LogP contribution in [0.2, 0.25) is 0 Å². The van der Waals surface area contributed by atoms with Crippen LogP contribution >= 0.6 is 0 Å². The van der Waals surface area contributed by atoms with E-state index in [1.165, 1.54) is 32.1 Å². The summed E-state index contributed by atoms with van der Waals surface area (Å²) in [6, 6.07) is 0. The number of hydrogen-bond donors (Lipinski definition) is 2. The Labute approximate surface area is 145 Å². The van der Waals surface area contributed by atoms with Gasteiger partial charge in [0, 0.05) is 6.54 Å². The van der Waals surface area contributed by atoms with Crippen LogP contribution in [0.1, 0.15) is 65.2 Å². The average Bonchev–Trinajstić information content (AvgIpc) is 2.83. The number of allylic oxidation sites excluding steroid dienone is 1. The Morgan fingerprint density at radius 1 is 1.12 bits per heavy atom. The monoisotopic (exact) mass is 334 g/mol. The molecule has 0 bridgehead atoms. The van der Waals surface area contributed by atoms with E-state index >= 15 is 0 Å². The fourth-order valence-corrected chi connectivity index (χ4v) is 7.23. The SMILES string of the molecule is C[C@]12CC=C(CN([O-])O)C[C@@H]1CC[C@@H]1[C@@H]2CC[C@]2(C)[C@@H](O)CC[C@@H]12. The smallest absolute Gasteiger partial charge is 0.0596 e. The molecule has 0 spiro atoms. The van der Waals surface area contributed by atoms with Gasteiger partial charge in [-0.15, -0.1) is 0 Å². The third-order valence-corrected chi connectivity index (χ3v) is 8.69. The number of fused-ring (bicyclic) bond motifs is 5. The fraction of sp³-hybridized carbons (Fsp3) is 0.900. The van der Waals surface area contributed by atoms with Crippen molar-refractivity contribution >= 4 is 0 Å². The number of rotatable bonds is 2. The minimum atomic E-state index is -0.0978. The zero-order valence-corrected chi connectivity index (χ0v) is 15.1. The molecule has 0 aromatic carbocycles. The zero-order valence-electron chi connectivity index (χ0n) is 15.1. The summed E-state index contributed by atoms with van der Waals surface area (Å²) in [6.07, 6.45) is 11.3. The maximum absolute atomic E-state index is 11.0. The van der Waals surface area contributed by atoms with Gasteiger partial charge < -0.3 is 15.5 Å². The lowest BCUT2D eigenvalue weighted by molar-refractivity contribution is -0.110. The molecule has 0 aliphatic heterocycles. The first kappa shape index (κ1) is 17.0. The second-order valence-electron chi connectivity index (χ2n) is 9.58. The summed E-state index contributed by atoms with van der Waals surface area (Å²) in [7, 11) is 0. The Morgan fingerprint density at radius 3 is 2.62 bits per heavy atom. The summed E-state index contributed by atoms with van der Waals surface area (Å²) in [5, 5.41) is 30.6. The standard InChI is InChI=1S/C20H32NO3/c1-19-9-7-13(12-21(23)24)11-14(19)3-4-15-16-5-6-18(22)20(16,2)10-8-17(15)19/h7,14-18,22-23H,3-6,8-12H2,1-2H3/q-1/t14-,15-,16-,17-,18-,19-,20-/m0/s1. The summed E-state index contributed by atoms with van der Waals surface area (Å²) in [5.74, 6) is 2.87. The van der Waals surface area contributed by atoms with E-state index in [4.69, 9.17) is 5.21 Å². The molecule has 4 rings (SSSR count). The van der Waals surface area contributed by atoms with E-state index in [1.54, 1.807) is 0 Å². The molecule has 0 unspecified atom stereocenters. The van der Waals surface area contributed by atoms with Crippen LogP contribution in [0.25, 0.3) is 0 Å². The second kappa shape index (κ2) is 5.80. The molecule has 0 heterocycles. The van der Waals surface area contributed by atoms with E-state index in [-0.39, 0.29) is 23.3 Å². The van der Waals surface area contributed by atoms with Gasteiger partial charge in [-0.05, 0) is 85.9 Å². The highest BCUT2D eigenvalue weighted by atomic mass is 16.8. The van der Waals surface area contributed by atoms with Crippen LogP contribution in [-0.4, -0.2) is 28.2 Å². The van der Waals surface area contributed by atoms with Crippen molar-refractivity contribution in [3.8, 4) is 0 Å². The van der Waals surface area contributed by atoms with Crippen molar-refractivity contribution in [3.63, 3.8) is 0 Å². The van der Waals surface area contributed by atoms with Crippen molar-refractivity contribution in [1.82, 2.24) is 5.23 Å². The Kier molecular flexibility index (Phi) is 4.11. The molecule has 4 heteroatoms. The molecule has 0 aromatic rings. The van der Waals surface area contributed by atoms with Crippen LogP contribution in [0, 0.1) is 39.7 Å². The largest absolute Gasteiger partial charge is 0.762 e. The number of nitrogens with zero attached hydrogens (tertiary/aromatic N) is 1. The van der Waals surface area contributed by atoms with E-state index < -0.39 is 0 Å². The van der Waals surface area contributed by atoms with Crippen molar-refractivity contribution in [3.05, 3.63) is 16.9 Å². The number of hydroxylamine groups is 2. The molecular formula is C20H32NO3-. The molecule has 4 aliphatic carbocycles. The lowest BCUT2D eigenvalue weighted by Gasteiger charge is -2.60.